The Morgan fingerprint density at radius 2 is 2.33 bits per heavy atom. The Balaban J connectivity index is 2.45. The van der Waals surface area contributed by atoms with Gasteiger partial charge in [-0.3, -0.25) is 0 Å². The van der Waals surface area contributed by atoms with Gasteiger partial charge in [-0.05, 0) is 34.7 Å². The van der Waals surface area contributed by atoms with E-state index in [0.717, 1.165) is 9.13 Å². The van der Waals surface area contributed by atoms with Gasteiger partial charge in [0.2, 0.25) is 0 Å². The predicted molar refractivity (Wildman–Crippen MR) is 70.0 cm³/mol. The number of halogens is 1. The molecular weight excluding hydrogens is 323 g/mol. The van der Waals surface area contributed by atoms with E-state index in [2.05, 4.69) is 32.7 Å². The average Bonchev–Trinajstić information content (AvgIpc) is 2.65. The molecule has 0 bridgehead atoms. The van der Waals surface area contributed by atoms with Gasteiger partial charge in [-0.15, -0.1) is 0 Å². The van der Waals surface area contributed by atoms with Gasteiger partial charge >= 0.3 is 0 Å². The van der Waals surface area contributed by atoms with Crippen LogP contribution in [-0.2, 0) is 0 Å². The molecule has 76 valence electrons. The molecule has 0 unspecified atom stereocenters. The maximum Gasteiger partial charge on any atom is 0.153 e. The summed E-state index contributed by atoms with van der Waals surface area (Å²) in [5, 5.41) is 4.15. The van der Waals surface area contributed by atoms with E-state index in [-0.39, 0.29) is 0 Å². The minimum absolute atomic E-state index is 0.362. The second-order valence-electron chi connectivity index (χ2n) is 2.87. The molecule has 0 spiro atoms. The van der Waals surface area contributed by atoms with Gasteiger partial charge in [0.25, 0.3) is 0 Å². The Bertz CT molecular complexity index is 508. The number of thiocarbonyl (C=S) groups is 1. The Morgan fingerprint density at radius 1 is 1.53 bits per heavy atom. The van der Waals surface area contributed by atoms with Crippen molar-refractivity contribution >= 4 is 39.8 Å². The Morgan fingerprint density at radius 3 is 2.93 bits per heavy atom. The summed E-state index contributed by atoms with van der Waals surface area (Å²) >= 11 is 7.08. The smallest absolute Gasteiger partial charge is 0.153 e. The first-order valence-corrected chi connectivity index (χ1v) is 5.62. The molecule has 0 radical (unpaired) electrons. The van der Waals surface area contributed by atoms with E-state index < -0.39 is 0 Å². The van der Waals surface area contributed by atoms with Gasteiger partial charge in [0.15, 0.2) is 5.82 Å². The third kappa shape index (κ3) is 2.32. The number of hydrogen-bond acceptors (Lipinski definition) is 3. The van der Waals surface area contributed by atoms with E-state index in [1.807, 2.05) is 12.3 Å². The zero-order valence-corrected chi connectivity index (χ0v) is 10.6. The summed E-state index contributed by atoms with van der Waals surface area (Å²) in [6.07, 6.45) is 5.31. The van der Waals surface area contributed by atoms with Crippen molar-refractivity contribution in [1.29, 1.82) is 0 Å². The van der Waals surface area contributed by atoms with Crippen molar-refractivity contribution in [1.82, 2.24) is 14.8 Å². The lowest BCUT2D eigenvalue weighted by Crippen LogP contribution is -2.10. The summed E-state index contributed by atoms with van der Waals surface area (Å²) in [7, 11) is 0. The highest BCUT2D eigenvalue weighted by Gasteiger charge is 2.02. The van der Waals surface area contributed by atoms with Crippen molar-refractivity contribution in [3.8, 4) is 5.82 Å². The molecule has 0 fully saturated rings. The Labute approximate surface area is 106 Å². The van der Waals surface area contributed by atoms with Crippen molar-refractivity contribution < 1.29 is 0 Å². The summed E-state index contributed by atoms with van der Waals surface area (Å²) in [6.45, 7) is 0. The van der Waals surface area contributed by atoms with Crippen LogP contribution in [0.15, 0.2) is 30.7 Å². The Hall–Kier alpha value is -1.02. The summed E-state index contributed by atoms with van der Waals surface area (Å²) in [4.78, 5) is 4.55. The number of nitrogens with two attached hydrogens (primary N) is 1. The fraction of sp³-hybridized carbons (Fsp3) is 0. The van der Waals surface area contributed by atoms with Crippen molar-refractivity contribution in [2.24, 2.45) is 5.73 Å². The predicted octanol–water partition coefficient (Wildman–Crippen LogP) is 1.51. The molecule has 0 amide bonds. The summed E-state index contributed by atoms with van der Waals surface area (Å²) in [5.41, 5.74) is 6.33. The zero-order chi connectivity index (χ0) is 10.8. The van der Waals surface area contributed by atoms with Crippen LogP contribution in [0.25, 0.3) is 5.82 Å². The molecule has 2 rings (SSSR count). The van der Waals surface area contributed by atoms with Crippen LogP contribution in [0.3, 0.4) is 0 Å². The van der Waals surface area contributed by atoms with E-state index in [9.17, 15) is 0 Å². The van der Waals surface area contributed by atoms with Gasteiger partial charge in [-0.2, -0.15) is 5.10 Å². The number of hydrogen-bond donors (Lipinski definition) is 1. The molecule has 0 saturated carbocycles. The molecule has 0 saturated heterocycles. The minimum Gasteiger partial charge on any atom is -0.389 e. The molecule has 15 heavy (non-hydrogen) atoms. The first kappa shape index (κ1) is 10.5. The van der Waals surface area contributed by atoms with Crippen LogP contribution in [0, 0.1) is 3.57 Å². The fourth-order valence-electron chi connectivity index (χ4n) is 1.12. The fourth-order valence-corrected chi connectivity index (χ4v) is 1.64. The third-order valence-electron chi connectivity index (χ3n) is 1.82. The van der Waals surface area contributed by atoms with Crippen molar-refractivity contribution in [2.75, 3.05) is 0 Å². The van der Waals surface area contributed by atoms with Gasteiger partial charge in [0, 0.05) is 18.0 Å². The van der Waals surface area contributed by atoms with E-state index in [1.165, 1.54) is 0 Å². The van der Waals surface area contributed by atoms with Gasteiger partial charge in [-0.1, -0.05) is 12.2 Å². The highest BCUT2D eigenvalue weighted by molar-refractivity contribution is 14.1. The van der Waals surface area contributed by atoms with Crippen LogP contribution in [0.5, 0.6) is 0 Å². The third-order valence-corrected chi connectivity index (χ3v) is 2.61. The van der Waals surface area contributed by atoms with Crippen LogP contribution in [-0.4, -0.2) is 19.8 Å². The molecule has 0 aliphatic heterocycles. The molecule has 2 heterocycles. The molecule has 2 aromatic rings. The molecular formula is C9H7IN4S. The summed E-state index contributed by atoms with van der Waals surface area (Å²) < 4.78 is 2.74. The number of rotatable bonds is 2. The van der Waals surface area contributed by atoms with Crippen molar-refractivity contribution in [2.45, 2.75) is 0 Å². The standard InChI is InChI=1S/C9H7IN4S/c10-7-4-13-14(5-7)8-3-6(9(11)15)1-2-12-8/h1-5H,(H2,11,15). The maximum absolute atomic E-state index is 5.54. The van der Waals surface area contributed by atoms with E-state index in [4.69, 9.17) is 18.0 Å². The molecule has 0 atom stereocenters. The normalized spacial score (nSPS) is 10.2. The summed E-state index contributed by atoms with van der Waals surface area (Å²) in [6, 6.07) is 3.59. The largest absolute Gasteiger partial charge is 0.389 e. The van der Waals surface area contributed by atoms with Crippen LogP contribution >= 0.6 is 34.8 Å². The second-order valence-corrected chi connectivity index (χ2v) is 4.56. The second kappa shape index (κ2) is 4.23. The molecule has 0 aromatic carbocycles. The van der Waals surface area contributed by atoms with Crippen LogP contribution in [0.2, 0.25) is 0 Å². The molecule has 6 heteroatoms. The molecule has 0 aliphatic rings. The first-order chi connectivity index (χ1) is 7.16. The highest BCUT2D eigenvalue weighted by atomic mass is 127. The minimum atomic E-state index is 0.362. The molecule has 4 nitrogen and oxygen atoms in total. The topological polar surface area (TPSA) is 56.7 Å². The zero-order valence-electron chi connectivity index (χ0n) is 7.59. The Kier molecular flexibility index (Phi) is 2.96. The van der Waals surface area contributed by atoms with E-state index in [1.54, 1.807) is 23.1 Å². The van der Waals surface area contributed by atoms with Crippen molar-refractivity contribution in [3.63, 3.8) is 0 Å². The van der Waals surface area contributed by atoms with Gasteiger partial charge < -0.3 is 5.73 Å². The monoisotopic (exact) mass is 330 g/mol. The number of pyridine rings is 1. The van der Waals surface area contributed by atoms with E-state index >= 15 is 0 Å². The van der Waals surface area contributed by atoms with E-state index in [0.29, 0.717) is 10.8 Å². The molecule has 0 aliphatic carbocycles. The summed E-state index contributed by atoms with van der Waals surface area (Å²) in [5.74, 6) is 0.711. The van der Waals surface area contributed by atoms with Crippen LogP contribution in [0.4, 0.5) is 0 Å². The van der Waals surface area contributed by atoms with Crippen LogP contribution in [0.1, 0.15) is 5.56 Å². The first-order valence-electron chi connectivity index (χ1n) is 4.13. The maximum atomic E-state index is 5.54. The lowest BCUT2D eigenvalue weighted by Gasteiger charge is -2.02. The van der Waals surface area contributed by atoms with Crippen LogP contribution < -0.4 is 5.73 Å². The quantitative estimate of drug-likeness (QED) is 0.670. The lowest BCUT2D eigenvalue weighted by molar-refractivity contribution is 0.846. The SMILES string of the molecule is NC(=S)c1ccnc(-n2cc(I)cn2)c1. The highest BCUT2D eigenvalue weighted by Crippen LogP contribution is 2.09. The number of aromatic nitrogens is 3. The van der Waals surface area contributed by atoms with Crippen molar-refractivity contribution in [3.05, 3.63) is 39.9 Å². The van der Waals surface area contributed by atoms with Gasteiger partial charge in [-0.25, -0.2) is 9.67 Å². The molecule has 2 N–H and O–H groups in total. The van der Waals surface area contributed by atoms with Gasteiger partial charge in [0.05, 0.1) is 9.77 Å². The number of nitrogens with zero attached hydrogens (tertiary/aromatic N) is 3. The lowest BCUT2D eigenvalue weighted by atomic mass is 10.2. The van der Waals surface area contributed by atoms with Gasteiger partial charge in [0.1, 0.15) is 4.99 Å². The molecule has 2 aromatic heterocycles. The average molecular weight is 330 g/mol.